The predicted octanol–water partition coefficient (Wildman–Crippen LogP) is 7.53. The summed E-state index contributed by atoms with van der Waals surface area (Å²) in [5.41, 5.74) is 2.21. The van der Waals surface area contributed by atoms with E-state index in [-0.39, 0.29) is 12.2 Å². The number of halogens is 3. The SMILES string of the molecule is COc1cc(CN(Cc2ccccc2)C(=O)Nc2ccc(C(F)(F)F)cc2)ccc1OCc1ccccc1. The molecule has 0 aliphatic heterocycles. The highest BCUT2D eigenvalue weighted by atomic mass is 19.4. The van der Waals surface area contributed by atoms with E-state index in [1.165, 1.54) is 12.1 Å². The third-order valence-corrected chi connectivity index (χ3v) is 5.81. The maximum absolute atomic E-state index is 13.2. The number of ether oxygens (including phenoxy) is 2. The van der Waals surface area contributed by atoms with E-state index in [4.69, 9.17) is 9.47 Å². The fourth-order valence-electron chi connectivity index (χ4n) is 3.83. The molecule has 0 aliphatic rings. The first-order valence-corrected chi connectivity index (χ1v) is 11.9. The topological polar surface area (TPSA) is 50.8 Å². The van der Waals surface area contributed by atoms with Crippen LogP contribution in [0, 0.1) is 0 Å². The molecule has 5 nitrogen and oxygen atoms in total. The van der Waals surface area contributed by atoms with Crippen molar-refractivity contribution in [2.75, 3.05) is 12.4 Å². The van der Waals surface area contributed by atoms with Crippen molar-refractivity contribution in [2.24, 2.45) is 0 Å². The summed E-state index contributed by atoms with van der Waals surface area (Å²) in [5, 5.41) is 2.70. The molecule has 4 rings (SSSR count). The molecule has 1 N–H and O–H groups in total. The van der Waals surface area contributed by atoms with Gasteiger partial charge in [-0.15, -0.1) is 0 Å². The zero-order chi connectivity index (χ0) is 27.0. The van der Waals surface area contributed by atoms with Gasteiger partial charge in [-0.1, -0.05) is 66.7 Å². The zero-order valence-electron chi connectivity index (χ0n) is 20.7. The van der Waals surface area contributed by atoms with E-state index in [1.807, 2.05) is 72.8 Å². The highest BCUT2D eigenvalue weighted by molar-refractivity contribution is 5.89. The number of carbonyl (C=O) groups excluding carboxylic acids is 1. The summed E-state index contributed by atoms with van der Waals surface area (Å²) in [6.45, 7) is 0.908. The fourth-order valence-corrected chi connectivity index (χ4v) is 3.83. The average Bonchev–Trinajstić information content (AvgIpc) is 2.93. The Balaban J connectivity index is 1.50. The quantitative estimate of drug-likeness (QED) is 0.248. The van der Waals surface area contributed by atoms with Gasteiger partial charge >= 0.3 is 12.2 Å². The van der Waals surface area contributed by atoms with Crippen LogP contribution in [-0.4, -0.2) is 18.0 Å². The van der Waals surface area contributed by atoms with Crippen LogP contribution < -0.4 is 14.8 Å². The Kier molecular flexibility index (Phi) is 8.53. The molecule has 0 saturated carbocycles. The van der Waals surface area contributed by atoms with Crippen LogP contribution in [-0.2, 0) is 25.9 Å². The van der Waals surface area contributed by atoms with Gasteiger partial charge in [0.15, 0.2) is 11.5 Å². The lowest BCUT2D eigenvalue weighted by Gasteiger charge is -2.24. The molecule has 0 heterocycles. The summed E-state index contributed by atoms with van der Waals surface area (Å²) in [6.07, 6.45) is -4.45. The summed E-state index contributed by atoms with van der Waals surface area (Å²) in [7, 11) is 1.55. The highest BCUT2D eigenvalue weighted by Gasteiger charge is 2.30. The monoisotopic (exact) mass is 520 g/mol. The van der Waals surface area contributed by atoms with Gasteiger partial charge in [0.05, 0.1) is 12.7 Å². The number of carbonyl (C=O) groups is 1. The molecular formula is C30H27F3N2O3. The van der Waals surface area contributed by atoms with E-state index >= 15 is 0 Å². The van der Waals surface area contributed by atoms with Crippen molar-refractivity contribution < 1.29 is 27.4 Å². The number of hydrogen-bond acceptors (Lipinski definition) is 3. The second-order valence-corrected chi connectivity index (χ2v) is 8.61. The van der Waals surface area contributed by atoms with Crippen LogP contribution >= 0.6 is 0 Å². The Morgan fingerprint density at radius 3 is 1.97 bits per heavy atom. The van der Waals surface area contributed by atoms with Gasteiger partial charge < -0.3 is 19.7 Å². The van der Waals surface area contributed by atoms with Gasteiger partial charge in [0.2, 0.25) is 0 Å². The average molecular weight is 521 g/mol. The molecule has 0 atom stereocenters. The van der Waals surface area contributed by atoms with Crippen molar-refractivity contribution in [3.05, 3.63) is 125 Å². The number of hydrogen-bond donors (Lipinski definition) is 1. The van der Waals surface area contributed by atoms with Crippen LogP contribution in [0.4, 0.5) is 23.7 Å². The lowest BCUT2D eigenvalue weighted by atomic mass is 10.1. The second kappa shape index (κ2) is 12.2. The molecule has 8 heteroatoms. The van der Waals surface area contributed by atoms with Crippen molar-refractivity contribution in [1.29, 1.82) is 0 Å². The lowest BCUT2D eigenvalue weighted by molar-refractivity contribution is -0.137. The van der Waals surface area contributed by atoms with Gasteiger partial charge in [-0.25, -0.2) is 4.79 Å². The molecule has 0 radical (unpaired) electrons. The van der Waals surface area contributed by atoms with Gasteiger partial charge in [-0.2, -0.15) is 13.2 Å². The number of nitrogens with one attached hydrogen (secondary N) is 1. The Morgan fingerprint density at radius 1 is 0.763 bits per heavy atom. The molecule has 0 spiro atoms. The van der Waals surface area contributed by atoms with Crippen LogP contribution in [0.5, 0.6) is 11.5 Å². The van der Waals surface area contributed by atoms with Gasteiger partial charge in [0.1, 0.15) is 6.61 Å². The van der Waals surface area contributed by atoms with E-state index in [9.17, 15) is 18.0 Å². The molecule has 0 aliphatic carbocycles. The van der Waals surface area contributed by atoms with Crippen molar-refractivity contribution in [3.8, 4) is 11.5 Å². The number of methoxy groups -OCH3 is 1. The summed E-state index contributed by atoms with van der Waals surface area (Å²) >= 11 is 0. The van der Waals surface area contributed by atoms with Crippen LogP contribution in [0.1, 0.15) is 22.3 Å². The Hall–Kier alpha value is -4.46. The molecule has 38 heavy (non-hydrogen) atoms. The molecule has 0 aromatic heterocycles. The Bertz CT molecular complexity index is 1330. The molecule has 196 valence electrons. The van der Waals surface area contributed by atoms with Crippen molar-refractivity contribution in [1.82, 2.24) is 4.90 Å². The maximum Gasteiger partial charge on any atom is 0.416 e. The normalized spacial score (nSPS) is 11.1. The van der Waals surface area contributed by atoms with Crippen LogP contribution in [0.15, 0.2) is 103 Å². The lowest BCUT2D eigenvalue weighted by Crippen LogP contribution is -2.34. The van der Waals surface area contributed by atoms with Crippen molar-refractivity contribution in [3.63, 3.8) is 0 Å². The Labute approximate surface area is 219 Å². The molecule has 0 fully saturated rings. The maximum atomic E-state index is 13.2. The summed E-state index contributed by atoms with van der Waals surface area (Å²) in [6, 6.07) is 28.6. The summed E-state index contributed by atoms with van der Waals surface area (Å²) in [4.78, 5) is 14.8. The van der Waals surface area contributed by atoms with Crippen molar-refractivity contribution in [2.45, 2.75) is 25.9 Å². The number of alkyl halides is 3. The van der Waals surface area contributed by atoms with Crippen LogP contribution in [0.3, 0.4) is 0 Å². The van der Waals surface area contributed by atoms with Gasteiger partial charge in [-0.3, -0.25) is 0 Å². The molecule has 0 bridgehead atoms. The summed E-state index contributed by atoms with van der Waals surface area (Å²) < 4.78 is 50.2. The number of anilines is 1. The second-order valence-electron chi connectivity index (χ2n) is 8.61. The third-order valence-electron chi connectivity index (χ3n) is 5.81. The van der Waals surface area contributed by atoms with Crippen LogP contribution in [0.25, 0.3) is 0 Å². The van der Waals surface area contributed by atoms with Gasteiger partial charge in [0.25, 0.3) is 0 Å². The van der Waals surface area contributed by atoms with Gasteiger partial charge in [0, 0.05) is 18.8 Å². The number of nitrogens with zero attached hydrogens (tertiary/aromatic N) is 1. The molecule has 4 aromatic rings. The first-order valence-electron chi connectivity index (χ1n) is 11.9. The van der Waals surface area contributed by atoms with Gasteiger partial charge in [-0.05, 0) is 53.1 Å². The minimum Gasteiger partial charge on any atom is -0.493 e. The number of benzene rings is 4. The fraction of sp³-hybridized carbons (Fsp3) is 0.167. The Morgan fingerprint density at radius 2 is 1.37 bits per heavy atom. The van der Waals surface area contributed by atoms with E-state index in [0.717, 1.165) is 28.8 Å². The van der Waals surface area contributed by atoms with E-state index in [1.54, 1.807) is 18.1 Å². The largest absolute Gasteiger partial charge is 0.493 e. The zero-order valence-corrected chi connectivity index (χ0v) is 20.7. The summed E-state index contributed by atoms with van der Waals surface area (Å²) in [5.74, 6) is 1.10. The standard InChI is InChI=1S/C30H27F3N2O3/c1-37-28-18-24(12-17-27(28)38-21-23-10-6-3-7-11-23)20-35(19-22-8-4-2-5-9-22)29(36)34-26-15-13-25(14-16-26)30(31,32)33/h2-18H,19-21H2,1H3,(H,34,36). The first kappa shape index (κ1) is 26.6. The van der Waals surface area contributed by atoms with Crippen molar-refractivity contribution >= 4 is 11.7 Å². The number of amides is 2. The first-order chi connectivity index (χ1) is 18.3. The molecule has 4 aromatic carbocycles. The minimum atomic E-state index is -4.45. The highest BCUT2D eigenvalue weighted by Crippen LogP contribution is 2.31. The van der Waals surface area contributed by atoms with Crippen LogP contribution in [0.2, 0.25) is 0 Å². The molecular weight excluding hydrogens is 493 g/mol. The minimum absolute atomic E-state index is 0.233. The molecule has 2 amide bonds. The van der Waals surface area contributed by atoms with E-state index in [0.29, 0.717) is 24.7 Å². The van der Waals surface area contributed by atoms with E-state index in [2.05, 4.69) is 5.32 Å². The third kappa shape index (κ3) is 7.29. The molecule has 0 unspecified atom stereocenters. The number of urea groups is 1. The van der Waals surface area contributed by atoms with E-state index < -0.39 is 17.8 Å². The molecule has 0 saturated heterocycles. The smallest absolute Gasteiger partial charge is 0.416 e. The number of rotatable bonds is 9. The predicted molar refractivity (Wildman–Crippen MR) is 140 cm³/mol.